The van der Waals surface area contributed by atoms with E-state index in [0.29, 0.717) is 6.42 Å². The minimum absolute atomic E-state index is 0.0389. The second kappa shape index (κ2) is 5.57. The molecule has 1 saturated heterocycles. The molecule has 1 unspecified atom stereocenters. The van der Waals surface area contributed by atoms with Crippen molar-refractivity contribution in [1.82, 2.24) is 4.90 Å². The van der Waals surface area contributed by atoms with Crippen LogP contribution in [0.25, 0.3) is 0 Å². The lowest BCUT2D eigenvalue weighted by molar-refractivity contribution is -0.140. The highest BCUT2D eigenvalue weighted by molar-refractivity contribution is 6.05. The number of likely N-dealkylation sites (tertiary alicyclic amines) is 1. The summed E-state index contributed by atoms with van der Waals surface area (Å²) in [5.41, 5.74) is 6.19. The van der Waals surface area contributed by atoms with Gasteiger partial charge in [-0.05, 0) is 42.9 Å². The molecule has 4 aliphatic rings. The number of amides is 2. The van der Waals surface area contributed by atoms with Crippen LogP contribution < -0.4 is 10.5 Å². The van der Waals surface area contributed by atoms with E-state index in [1.807, 2.05) is 24.3 Å². The van der Waals surface area contributed by atoms with Gasteiger partial charge in [0.15, 0.2) is 0 Å². The fourth-order valence-electron chi connectivity index (χ4n) is 5.04. The van der Waals surface area contributed by atoms with Gasteiger partial charge in [0.2, 0.25) is 11.8 Å². The molecule has 25 heavy (non-hydrogen) atoms. The maximum atomic E-state index is 13.0. The van der Waals surface area contributed by atoms with E-state index in [9.17, 15) is 14.9 Å². The summed E-state index contributed by atoms with van der Waals surface area (Å²) in [5.74, 6) is -0.429. The summed E-state index contributed by atoms with van der Waals surface area (Å²) < 4.78 is 5.14. The lowest BCUT2D eigenvalue weighted by Crippen LogP contribution is -2.60. The molecule has 3 aliphatic carbocycles. The summed E-state index contributed by atoms with van der Waals surface area (Å²) in [6.07, 6.45) is 2.15. The van der Waals surface area contributed by atoms with Gasteiger partial charge in [-0.2, -0.15) is 5.26 Å². The molecule has 1 aromatic rings. The second-order valence-corrected chi connectivity index (χ2v) is 7.46. The average molecular weight is 339 g/mol. The Kier molecular flexibility index (Phi) is 3.58. The van der Waals surface area contributed by atoms with Crippen molar-refractivity contribution in [1.29, 1.82) is 5.26 Å². The smallest absolute Gasteiger partial charge is 0.233 e. The van der Waals surface area contributed by atoms with Crippen molar-refractivity contribution in [3.05, 3.63) is 29.8 Å². The number of nitrogens with two attached hydrogens (primary N) is 1. The molecule has 5 rings (SSSR count). The normalized spacial score (nSPS) is 36.3. The Morgan fingerprint density at radius 1 is 1.24 bits per heavy atom. The van der Waals surface area contributed by atoms with Gasteiger partial charge in [-0.25, -0.2) is 0 Å². The summed E-state index contributed by atoms with van der Waals surface area (Å²) >= 11 is 0. The fourth-order valence-corrected chi connectivity index (χ4v) is 5.04. The third-order valence-corrected chi connectivity index (χ3v) is 6.25. The molecule has 3 saturated carbocycles. The summed E-state index contributed by atoms with van der Waals surface area (Å²) in [4.78, 5) is 27.3. The molecule has 2 amide bonds. The Bertz CT molecular complexity index is 769. The number of nitriles is 1. The Morgan fingerprint density at radius 2 is 1.92 bits per heavy atom. The Hall–Kier alpha value is -2.39. The fraction of sp³-hybridized carbons (Fsp3) is 0.526. The first-order valence-electron chi connectivity index (χ1n) is 8.67. The van der Waals surface area contributed by atoms with Crippen LogP contribution in [0.15, 0.2) is 24.3 Å². The van der Waals surface area contributed by atoms with E-state index in [1.54, 1.807) is 7.11 Å². The molecule has 0 aromatic heterocycles. The number of nitrogens with zero attached hydrogens (tertiary/aromatic N) is 2. The molecule has 130 valence electrons. The first-order valence-corrected chi connectivity index (χ1v) is 8.67. The van der Waals surface area contributed by atoms with Gasteiger partial charge in [0, 0.05) is 5.92 Å². The molecule has 1 heterocycles. The minimum atomic E-state index is -0.976. The number of ether oxygens (including phenoxy) is 1. The Labute approximate surface area is 146 Å². The summed E-state index contributed by atoms with van der Waals surface area (Å²) in [6.45, 7) is 0.262. The van der Waals surface area contributed by atoms with Crippen LogP contribution >= 0.6 is 0 Å². The number of benzene rings is 1. The predicted octanol–water partition coefficient (Wildman–Crippen LogP) is 1.45. The van der Waals surface area contributed by atoms with Crippen LogP contribution in [0.3, 0.4) is 0 Å². The van der Waals surface area contributed by atoms with Crippen molar-refractivity contribution in [2.45, 2.75) is 31.3 Å². The van der Waals surface area contributed by atoms with Crippen molar-refractivity contribution < 1.29 is 14.3 Å². The highest BCUT2D eigenvalue weighted by atomic mass is 16.5. The second-order valence-electron chi connectivity index (χ2n) is 7.46. The molecule has 5 atom stereocenters. The van der Waals surface area contributed by atoms with Crippen LogP contribution in [0.4, 0.5) is 0 Å². The third kappa shape index (κ3) is 2.26. The third-order valence-electron chi connectivity index (χ3n) is 6.25. The Morgan fingerprint density at radius 3 is 2.56 bits per heavy atom. The zero-order valence-corrected chi connectivity index (χ0v) is 14.1. The van der Waals surface area contributed by atoms with Gasteiger partial charge in [0.1, 0.15) is 11.3 Å². The molecular formula is C19H21N3O3. The van der Waals surface area contributed by atoms with Crippen molar-refractivity contribution in [2.24, 2.45) is 29.4 Å². The van der Waals surface area contributed by atoms with Gasteiger partial charge in [-0.3, -0.25) is 14.5 Å². The highest BCUT2D eigenvalue weighted by Gasteiger charge is 2.64. The number of hydrogen-bond donors (Lipinski definition) is 1. The number of carbonyl (C=O) groups excluding carboxylic acids is 2. The van der Waals surface area contributed by atoms with Crippen LogP contribution in [0, 0.1) is 35.0 Å². The van der Waals surface area contributed by atoms with Crippen LogP contribution in [0.1, 0.15) is 24.8 Å². The molecule has 0 radical (unpaired) electrons. The molecule has 6 heteroatoms. The number of methoxy groups -OCH3 is 1. The predicted molar refractivity (Wildman–Crippen MR) is 88.9 cm³/mol. The van der Waals surface area contributed by atoms with Gasteiger partial charge in [-0.15, -0.1) is 0 Å². The first kappa shape index (κ1) is 16.1. The molecule has 2 bridgehead atoms. The Balaban J connectivity index is 1.61. The van der Waals surface area contributed by atoms with Gasteiger partial charge < -0.3 is 10.5 Å². The number of rotatable bonds is 3. The molecule has 0 spiro atoms. The quantitative estimate of drug-likeness (QED) is 0.841. The number of imide groups is 1. The van der Waals surface area contributed by atoms with E-state index < -0.39 is 11.5 Å². The minimum Gasteiger partial charge on any atom is -0.497 e. The van der Waals surface area contributed by atoms with Gasteiger partial charge in [0.25, 0.3) is 0 Å². The lowest BCUT2D eigenvalue weighted by atomic mass is 9.52. The van der Waals surface area contributed by atoms with Crippen molar-refractivity contribution >= 4 is 11.8 Å². The summed E-state index contributed by atoms with van der Waals surface area (Å²) in [5, 5.41) is 9.50. The molecular weight excluding hydrogens is 318 g/mol. The van der Waals surface area contributed by atoms with Crippen molar-refractivity contribution in [3.8, 4) is 11.8 Å². The zero-order chi connectivity index (χ0) is 17.8. The summed E-state index contributed by atoms with van der Waals surface area (Å²) in [7, 11) is 1.59. The summed E-state index contributed by atoms with van der Waals surface area (Å²) in [6, 6.07) is 9.57. The van der Waals surface area contributed by atoms with Crippen molar-refractivity contribution in [3.63, 3.8) is 0 Å². The van der Waals surface area contributed by atoms with Crippen LogP contribution in [-0.4, -0.2) is 29.4 Å². The number of hydrogen-bond acceptors (Lipinski definition) is 5. The maximum absolute atomic E-state index is 13.0. The highest BCUT2D eigenvalue weighted by Crippen LogP contribution is 2.56. The molecule has 4 fully saturated rings. The lowest BCUT2D eigenvalue weighted by Gasteiger charge is -2.50. The van der Waals surface area contributed by atoms with E-state index in [1.165, 1.54) is 4.90 Å². The van der Waals surface area contributed by atoms with E-state index in [4.69, 9.17) is 10.5 Å². The van der Waals surface area contributed by atoms with E-state index in [2.05, 4.69) is 6.07 Å². The first-order chi connectivity index (χ1) is 12.0. The van der Waals surface area contributed by atoms with Crippen LogP contribution in [0.2, 0.25) is 0 Å². The topological polar surface area (TPSA) is 96.4 Å². The monoisotopic (exact) mass is 339 g/mol. The van der Waals surface area contributed by atoms with Crippen molar-refractivity contribution in [2.75, 3.05) is 7.11 Å². The van der Waals surface area contributed by atoms with E-state index in [0.717, 1.165) is 24.2 Å². The zero-order valence-electron chi connectivity index (χ0n) is 14.1. The average Bonchev–Trinajstić information content (AvgIpc) is 2.89. The molecule has 1 aromatic carbocycles. The van der Waals surface area contributed by atoms with Crippen LogP contribution in [0.5, 0.6) is 5.75 Å². The van der Waals surface area contributed by atoms with Gasteiger partial charge in [0.05, 0.1) is 31.6 Å². The molecule has 2 N–H and O–H groups in total. The molecule has 1 aliphatic heterocycles. The maximum Gasteiger partial charge on any atom is 0.233 e. The number of fused-ring (bicyclic) bond motifs is 2. The van der Waals surface area contributed by atoms with Gasteiger partial charge >= 0.3 is 0 Å². The van der Waals surface area contributed by atoms with E-state index in [-0.39, 0.29) is 36.1 Å². The molecule has 6 nitrogen and oxygen atoms in total. The SMILES string of the molecule is COc1ccc(CN2C(=O)[C@H]3[C@@H]4CC[C@H]([C@H]3C2=O)C(N)(C#N)C4)cc1. The van der Waals surface area contributed by atoms with E-state index >= 15 is 0 Å². The van der Waals surface area contributed by atoms with Crippen LogP contribution in [-0.2, 0) is 16.1 Å². The van der Waals surface area contributed by atoms with Gasteiger partial charge in [-0.1, -0.05) is 12.1 Å². The number of carbonyl (C=O) groups is 2. The largest absolute Gasteiger partial charge is 0.497 e. The standard InChI is InChI=1S/C19H21N3O3/c1-25-13-5-2-11(3-6-13)9-22-17(23)15-12-4-7-14(16(15)18(22)24)19(21,8-12)10-20/h2-3,5-6,12,14-16H,4,7-9,21H2,1H3/t12-,14-,15+,16-,19?/m1/s1.